The molecule has 6 nitrogen and oxygen atoms in total. The van der Waals surface area contributed by atoms with Gasteiger partial charge in [-0.1, -0.05) is 0 Å². The van der Waals surface area contributed by atoms with Crippen molar-refractivity contribution in [3.63, 3.8) is 0 Å². The van der Waals surface area contributed by atoms with E-state index in [0.29, 0.717) is 0 Å². The quantitative estimate of drug-likeness (QED) is 0.710. The van der Waals surface area contributed by atoms with Gasteiger partial charge >= 0.3 is 0 Å². The zero-order chi connectivity index (χ0) is 15.3. The van der Waals surface area contributed by atoms with Crippen LogP contribution in [0.5, 0.6) is 0 Å². The van der Waals surface area contributed by atoms with Crippen LogP contribution in [0.1, 0.15) is 26.5 Å². The van der Waals surface area contributed by atoms with Crippen LogP contribution in [0.15, 0.2) is 12.1 Å². The number of nitrogen functional groups attached to an aromatic ring is 1. The maximum Gasteiger partial charge on any atom is 0.165 e. The van der Waals surface area contributed by atoms with E-state index in [0.717, 1.165) is 6.07 Å². The van der Waals surface area contributed by atoms with Crippen LogP contribution in [0.4, 0.5) is 10.2 Å². The fourth-order valence-electron chi connectivity index (χ4n) is 2.15. The third kappa shape index (κ3) is 2.04. The van der Waals surface area contributed by atoms with E-state index in [2.05, 4.69) is 10.3 Å². The normalized spacial score (nSPS) is 27.9. The fraction of sp³-hybridized carbons (Fsp3) is 0.500. The number of rotatable bonds is 1. The van der Waals surface area contributed by atoms with Gasteiger partial charge in [0.05, 0.1) is 11.3 Å². The van der Waals surface area contributed by atoms with Crippen molar-refractivity contribution in [2.45, 2.75) is 31.1 Å². The molecule has 0 aliphatic carbocycles. The minimum absolute atomic E-state index is 0.0955. The van der Waals surface area contributed by atoms with Gasteiger partial charge in [0.15, 0.2) is 9.84 Å². The van der Waals surface area contributed by atoms with E-state index in [9.17, 15) is 12.8 Å². The van der Waals surface area contributed by atoms with E-state index in [-0.39, 0.29) is 23.1 Å². The van der Waals surface area contributed by atoms with E-state index in [4.69, 9.17) is 11.1 Å². The van der Waals surface area contributed by atoms with E-state index in [1.54, 1.807) is 0 Å². The van der Waals surface area contributed by atoms with Crippen LogP contribution in [0.2, 0.25) is 0 Å². The third-order valence-electron chi connectivity index (χ3n) is 3.65. The van der Waals surface area contributed by atoms with Crippen molar-refractivity contribution < 1.29 is 12.8 Å². The zero-order valence-corrected chi connectivity index (χ0v) is 12.3. The van der Waals surface area contributed by atoms with Gasteiger partial charge in [-0.25, -0.2) is 17.8 Å². The van der Waals surface area contributed by atoms with Crippen molar-refractivity contribution in [1.29, 1.82) is 5.41 Å². The second-order valence-electron chi connectivity index (χ2n) is 5.67. The first-order chi connectivity index (χ1) is 8.99. The molecular formula is C12H17FN4O2S. The first-order valence-electron chi connectivity index (χ1n) is 6.02. The zero-order valence-electron chi connectivity index (χ0n) is 11.5. The van der Waals surface area contributed by atoms with Crippen molar-refractivity contribution >= 4 is 21.5 Å². The van der Waals surface area contributed by atoms with E-state index >= 15 is 0 Å². The van der Waals surface area contributed by atoms with Crippen LogP contribution >= 0.6 is 0 Å². The second-order valence-corrected chi connectivity index (χ2v) is 8.21. The molecule has 20 heavy (non-hydrogen) atoms. The highest BCUT2D eigenvalue weighted by Crippen LogP contribution is 2.34. The lowest BCUT2D eigenvalue weighted by molar-refractivity contribution is 0.410. The summed E-state index contributed by atoms with van der Waals surface area (Å²) in [6, 6.07) is 2.44. The number of nitrogens with one attached hydrogen (secondary N) is 2. The number of hydrogen-bond donors (Lipinski definition) is 3. The van der Waals surface area contributed by atoms with Gasteiger partial charge in [-0.3, -0.25) is 5.41 Å². The number of sulfone groups is 1. The Balaban J connectivity index is 2.58. The number of aromatic nitrogens is 1. The highest BCUT2D eigenvalue weighted by atomic mass is 32.2. The number of hydrogen-bond acceptors (Lipinski definition) is 5. The minimum atomic E-state index is -3.63. The van der Waals surface area contributed by atoms with Gasteiger partial charge in [0.2, 0.25) is 0 Å². The maximum absolute atomic E-state index is 13.9. The Labute approximate surface area is 117 Å². The first kappa shape index (κ1) is 14.7. The van der Waals surface area contributed by atoms with Crippen molar-refractivity contribution in [3.8, 4) is 0 Å². The van der Waals surface area contributed by atoms with Gasteiger partial charge in [-0.15, -0.1) is 0 Å². The molecule has 2 rings (SSSR count). The average Bonchev–Trinajstić information content (AvgIpc) is 2.29. The topological polar surface area (TPSA) is 109 Å². The predicted molar refractivity (Wildman–Crippen MR) is 74.7 cm³/mol. The number of pyridine rings is 1. The molecule has 1 fully saturated rings. The maximum atomic E-state index is 13.9. The Morgan fingerprint density at radius 3 is 2.55 bits per heavy atom. The van der Waals surface area contributed by atoms with Crippen LogP contribution < -0.4 is 11.1 Å². The van der Waals surface area contributed by atoms with Gasteiger partial charge in [-0.2, -0.15) is 0 Å². The average molecular weight is 300 g/mol. The largest absolute Gasteiger partial charge is 0.384 e. The predicted octanol–water partition coefficient (Wildman–Crippen LogP) is 0.792. The van der Waals surface area contributed by atoms with Crippen molar-refractivity contribution in [2.24, 2.45) is 0 Å². The Morgan fingerprint density at radius 1 is 1.40 bits per heavy atom. The molecule has 1 atom stereocenters. The Bertz CT molecular complexity index is 687. The van der Waals surface area contributed by atoms with Crippen molar-refractivity contribution in [2.75, 3.05) is 11.5 Å². The molecule has 0 saturated carbocycles. The molecule has 0 unspecified atom stereocenters. The number of amidine groups is 1. The molecule has 1 aliphatic heterocycles. The molecule has 1 aromatic heterocycles. The molecular weight excluding hydrogens is 283 g/mol. The van der Waals surface area contributed by atoms with Crippen molar-refractivity contribution in [3.05, 3.63) is 23.6 Å². The first-order valence-corrected chi connectivity index (χ1v) is 7.67. The summed E-state index contributed by atoms with van der Waals surface area (Å²) in [7, 11) is -3.63. The summed E-state index contributed by atoms with van der Waals surface area (Å²) in [4.78, 5) is 3.90. The molecule has 2 heterocycles. The van der Waals surface area contributed by atoms with Gasteiger partial charge < -0.3 is 11.1 Å². The second kappa shape index (κ2) is 4.15. The monoisotopic (exact) mass is 300 g/mol. The smallest absolute Gasteiger partial charge is 0.165 e. The molecule has 0 amide bonds. The van der Waals surface area contributed by atoms with Gasteiger partial charge in [0.1, 0.15) is 27.9 Å². The number of nitrogens with two attached hydrogens (primary N) is 1. The molecule has 8 heteroatoms. The molecule has 0 bridgehead atoms. The van der Waals surface area contributed by atoms with Gasteiger partial charge in [0, 0.05) is 0 Å². The van der Waals surface area contributed by atoms with E-state index < -0.39 is 25.9 Å². The van der Waals surface area contributed by atoms with Crippen LogP contribution in [-0.2, 0) is 15.4 Å². The Morgan fingerprint density at radius 2 is 2.00 bits per heavy atom. The summed E-state index contributed by atoms with van der Waals surface area (Å²) >= 11 is 0. The molecule has 0 spiro atoms. The lowest BCUT2D eigenvalue weighted by atomic mass is 9.96. The summed E-state index contributed by atoms with van der Waals surface area (Å²) in [5.74, 6) is -1.10. The summed E-state index contributed by atoms with van der Waals surface area (Å²) in [6.45, 7) is 4.39. The highest BCUT2D eigenvalue weighted by molar-refractivity contribution is 7.93. The third-order valence-corrected chi connectivity index (χ3v) is 6.37. The molecule has 0 radical (unpaired) electrons. The molecule has 1 aliphatic rings. The molecule has 110 valence electrons. The lowest BCUT2D eigenvalue weighted by Gasteiger charge is -2.42. The lowest BCUT2D eigenvalue weighted by Crippen LogP contribution is -2.64. The van der Waals surface area contributed by atoms with E-state index in [1.165, 1.54) is 26.8 Å². The standard InChI is InChI=1S/C12H17FN4O2S/c1-11(2)10(15)17-12(3,6-20(11,18)19)9-7(13)4-5-8(14)16-9/h4-5H,6H2,1-3H3,(H2,14,16)(H2,15,17)/t12-/m0/s1. The van der Waals surface area contributed by atoms with Crippen LogP contribution in [0, 0.1) is 11.2 Å². The summed E-state index contributed by atoms with van der Waals surface area (Å²) in [6.07, 6.45) is 0. The van der Waals surface area contributed by atoms with E-state index in [1.807, 2.05) is 0 Å². The molecule has 1 aromatic rings. The van der Waals surface area contributed by atoms with Crippen LogP contribution in [-0.4, -0.2) is 29.7 Å². The Kier molecular flexibility index (Phi) is 3.05. The van der Waals surface area contributed by atoms with Crippen molar-refractivity contribution in [1.82, 2.24) is 10.3 Å². The SMILES string of the molecule is CC1(C)C(=N)N[C@](C)(c2nc(N)ccc2F)CS1(=O)=O. The number of anilines is 1. The van der Waals surface area contributed by atoms with Crippen LogP contribution in [0.25, 0.3) is 0 Å². The van der Waals surface area contributed by atoms with Gasteiger partial charge in [-0.05, 0) is 32.9 Å². The highest BCUT2D eigenvalue weighted by Gasteiger charge is 2.51. The number of nitrogens with zero attached hydrogens (tertiary/aromatic N) is 1. The fourth-order valence-corrected chi connectivity index (χ4v) is 3.84. The van der Waals surface area contributed by atoms with Gasteiger partial charge in [0.25, 0.3) is 0 Å². The molecule has 4 N–H and O–H groups in total. The summed E-state index contributed by atoms with van der Waals surface area (Å²) < 4.78 is 37.3. The summed E-state index contributed by atoms with van der Waals surface area (Å²) in [5.41, 5.74) is 4.13. The molecule has 0 aromatic carbocycles. The minimum Gasteiger partial charge on any atom is -0.384 e. The number of halogens is 1. The summed E-state index contributed by atoms with van der Waals surface area (Å²) in [5, 5.41) is 10.7. The van der Waals surface area contributed by atoms with Crippen LogP contribution in [0.3, 0.4) is 0 Å². The Hall–Kier alpha value is -1.70. The molecule has 1 saturated heterocycles.